The van der Waals surface area contributed by atoms with Crippen molar-refractivity contribution in [1.29, 1.82) is 0 Å². The molecule has 2 aliphatic rings. The molecule has 0 aromatic carbocycles. The molecule has 14 heavy (non-hydrogen) atoms. The van der Waals surface area contributed by atoms with Crippen LogP contribution in [-0.4, -0.2) is 48.6 Å². The van der Waals surface area contributed by atoms with E-state index in [0.717, 1.165) is 0 Å². The van der Waals surface area contributed by atoms with Crippen LogP contribution in [0, 0.1) is 6.42 Å². The summed E-state index contributed by atoms with van der Waals surface area (Å²) in [6.07, 6.45) is 7.84. The Bertz CT molecular complexity index is 177. The Morgan fingerprint density at radius 2 is 1.57 bits per heavy atom. The van der Waals surface area contributed by atoms with Crippen molar-refractivity contribution in [3.63, 3.8) is 0 Å². The number of rotatable bonds is 1. The van der Waals surface area contributed by atoms with Crippen molar-refractivity contribution in [3.05, 3.63) is 6.42 Å². The predicted octanol–water partition coefficient (Wildman–Crippen LogP) is 1.77. The van der Waals surface area contributed by atoms with Crippen LogP contribution in [-0.2, 0) is 0 Å². The van der Waals surface area contributed by atoms with Crippen LogP contribution in [0.1, 0.15) is 32.6 Å². The highest BCUT2D eigenvalue weighted by Crippen LogP contribution is 2.33. The standard InChI is InChI=1S/C12H23N2/c1-12(6-4-3-5-7-12)14-10-8-13(2)9-11-14/h3H,4-11H2,1-2H3. The van der Waals surface area contributed by atoms with E-state index in [4.69, 9.17) is 0 Å². The second-order valence-corrected chi connectivity index (χ2v) is 5.15. The lowest BCUT2D eigenvalue weighted by Gasteiger charge is -2.47. The first-order chi connectivity index (χ1) is 6.71. The van der Waals surface area contributed by atoms with Gasteiger partial charge in [0.25, 0.3) is 0 Å². The Labute approximate surface area is 88.3 Å². The van der Waals surface area contributed by atoms with Gasteiger partial charge in [-0.25, -0.2) is 0 Å². The Morgan fingerprint density at radius 1 is 1.00 bits per heavy atom. The third-order valence-electron chi connectivity index (χ3n) is 4.04. The quantitative estimate of drug-likeness (QED) is 0.629. The first-order valence-electron chi connectivity index (χ1n) is 5.96. The van der Waals surface area contributed by atoms with E-state index in [-0.39, 0.29) is 0 Å². The molecule has 1 aliphatic heterocycles. The fourth-order valence-corrected chi connectivity index (χ4v) is 2.76. The van der Waals surface area contributed by atoms with E-state index in [1.807, 2.05) is 0 Å². The summed E-state index contributed by atoms with van der Waals surface area (Å²) >= 11 is 0. The smallest absolute Gasteiger partial charge is 0.0182 e. The number of hydrogen-bond donors (Lipinski definition) is 0. The van der Waals surface area contributed by atoms with Crippen molar-refractivity contribution in [2.75, 3.05) is 33.2 Å². The van der Waals surface area contributed by atoms with E-state index in [1.165, 1.54) is 51.9 Å². The fourth-order valence-electron chi connectivity index (χ4n) is 2.76. The summed E-state index contributed by atoms with van der Waals surface area (Å²) in [4.78, 5) is 5.16. The minimum atomic E-state index is 0.510. The van der Waals surface area contributed by atoms with E-state index in [9.17, 15) is 0 Å². The molecule has 0 amide bonds. The number of nitrogens with zero attached hydrogens (tertiary/aromatic N) is 2. The van der Waals surface area contributed by atoms with Crippen molar-refractivity contribution < 1.29 is 0 Å². The molecule has 0 spiro atoms. The van der Waals surface area contributed by atoms with Crippen molar-refractivity contribution in [3.8, 4) is 0 Å². The van der Waals surface area contributed by atoms with Crippen LogP contribution in [0.5, 0.6) is 0 Å². The minimum Gasteiger partial charge on any atom is -0.304 e. The normalized spacial score (nSPS) is 30.4. The van der Waals surface area contributed by atoms with Gasteiger partial charge in [0.1, 0.15) is 0 Å². The molecular weight excluding hydrogens is 172 g/mol. The zero-order valence-corrected chi connectivity index (χ0v) is 9.63. The molecule has 1 saturated heterocycles. The first-order valence-corrected chi connectivity index (χ1v) is 5.96. The van der Waals surface area contributed by atoms with Crippen LogP contribution in [0.4, 0.5) is 0 Å². The molecule has 0 bridgehead atoms. The molecule has 1 radical (unpaired) electrons. The van der Waals surface area contributed by atoms with Crippen LogP contribution in [0.25, 0.3) is 0 Å². The highest BCUT2D eigenvalue weighted by atomic mass is 15.3. The summed E-state index contributed by atoms with van der Waals surface area (Å²) in [5.74, 6) is 0. The highest BCUT2D eigenvalue weighted by molar-refractivity contribution is 4.94. The summed E-state index contributed by atoms with van der Waals surface area (Å²) in [6.45, 7) is 7.50. The van der Waals surface area contributed by atoms with Crippen LogP contribution in [0.3, 0.4) is 0 Å². The van der Waals surface area contributed by atoms with Crippen molar-refractivity contribution in [1.82, 2.24) is 9.80 Å². The Kier molecular flexibility index (Phi) is 3.13. The largest absolute Gasteiger partial charge is 0.304 e. The summed E-state index contributed by atoms with van der Waals surface area (Å²) in [5.41, 5.74) is 0.510. The van der Waals surface area contributed by atoms with E-state index < -0.39 is 0 Å². The van der Waals surface area contributed by atoms with Gasteiger partial charge in [0.05, 0.1) is 0 Å². The molecule has 0 aromatic heterocycles. The maximum absolute atomic E-state index is 2.72. The topological polar surface area (TPSA) is 6.48 Å². The zero-order valence-electron chi connectivity index (χ0n) is 9.63. The predicted molar refractivity (Wildman–Crippen MR) is 60.2 cm³/mol. The molecule has 1 heterocycles. The monoisotopic (exact) mass is 195 g/mol. The van der Waals surface area contributed by atoms with E-state index >= 15 is 0 Å². The number of piperazine rings is 1. The summed E-state index contributed by atoms with van der Waals surface area (Å²) < 4.78 is 0. The molecule has 0 aromatic rings. The second-order valence-electron chi connectivity index (χ2n) is 5.15. The second kappa shape index (κ2) is 4.19. The van der Waals surface area contributed by atoms with Gasteiger partial charge in [-0.05, 0) is 46.1 Å². The van der Waals surface area contributed by atoms with Crippen LogP contribution < -0.4 is 0 Å². The van der Waals surface area contributed by atoms with Gasteiger partial charge in [-0.2, -0.15) is 0 Å². The van der Waals surface area contributed by atoms with Crippen molar-refractivity contribution in [2.45, 2.75) is 38.1 Å². The highest BCUT2D eigenvalue weighted by Gasteiger charge is 2.34. The molecule has 1 saturated carbocycles. The molecule has 2 rings (SSSR count). The molecule has 0 atom stereocenters. The minimum absolute atomic E-state index is 0.510. The van der Waals surface area contributed by atoms with Gasteiger partial charge in [0, 0.05) is 31.7 Å². The lowest BCUT2D eigenvalue weighted by Crippen LogP contribution is -2.55. The van der Waals surface area contributed by atoms with Gasteiger partial charge in [-0.1, -0.05) is 0 Å². The molecule has 2 fully saturated rings. The van der Waals surface area contributed by atoms with Crippen LogP contribution in [0.2, 0.25) is 0 Å². The average Bonchev–Trinajstić information content (AvgIpc) is 2.19. The van der Waals surface area contributed by atoms with Gasteiger partial charge in [0.15, 0.2) is 0 Å². The Hall–Kier alpha value is -0.0800. The van der Waals surface area contributed by atoms with E-state index in [0.29, 0.717) is 5.54 Å². The van der Waals surface area contributed by atoms with Gasteiger partial charge in [-0.3, -0.25) is 4.90 Å². The Morgan fingerprint density at radius 3 is 2.14 bits per heavy atom. The maximum Gasteiger partial charge on any atom is 0.0182 e. The molecule has 2 heteroatoms. The van der Waals surface area contributed by atoms with Crippen molar-refractivity contribution in [2.24, 2.45) is 0 Å². The number of hydrogen-bond acceptors (Lipinski definition) is 2. The third kappa shape index (κ3) is 2.12. The summed E-state index contributed by atoms with van der Waals surface area (Å²) in [7, 11) is 2.23. The summed E-state index contributed by atoms with van der Waals surface area (Å²) in [5, 5.41) is 0. The van der Waals surface area contributed by atoms with Gasteiger partial charge in [0.2, 0.25) is 0 Å². The summed E-state index contributed by atoms with van der Waals surface area (Å²) in [6, 6.07) is 0. The lowest BCUT2D eigenvalue weighted by atomic mass is 9.81. The fraction of sp³-hybridized carbons (Fsp3) is 0.917. The number of likely N-dealkylation sites (N-methyl/N-ethyl adjacent to an activating group) is 1. The van der Waals surface area contributed by atoms with E-state index in [1.54, 1.807) is 0 Å². The molecule has 1 aliphatic carbocycles. The van der Waals surface area contributed by atoms with Crippen LogP contribution >= 0.6 is 0 Å². The zero-order chi connectivity index (χ0) is 10.0. The molecule has 81 valence electrons. The molecule has 2 nitrogen and oxygen atoms in total. The molecular formula is C12H23N2. The van der Waals surface area contributed by atoms with Crippen molar-refractivity contribution >= 4 is 0 Å². The van der Waals surface area contributed by atoms with Crippen LogP contribution in [0.15, 0.2) is 0 Å². The van der Waals surface area contributed by atoms with E-state index in [2.05, 4.69) is 30.2 Å². The lowest BCUT2D eigenvalue weighted by molar-refractivity contribution is 0.0324. The third-order valence-corrected chi connectivity index (χ3v) is 4.04. The van der Waals surface area contributed by atoms with Gasteiger partial charge < -0.3 is 4.90 Å². The first kappa shape index (κ1) is 10.4. The molecule has 0 unspecified atom stereocenters. The van der Waals surface area contributed by atoms with Gasteiger partial charge in [-0.15, -0.1) is 0 Å². The maximum atomic E-state index is 2.72. The van der Waals surface area contributed by atoms with Gasteiger partial charge >= 0.3 is 0 Å². The Balaban J connectivity index is 1.92. The molecule has 0 N–H and O–H groups in total. The SMILES string of the molecule is CN1CCN(C2(C)CC[CH]CC2)CC1. The average molecular weight is 195 g/mol.